The number of carbonyl (C=O) groups excluding carboxylic acids is 1. The van der Waals surface area contributed by atoms with Gasteiger partial charge in [0.15, 0.2) is 0 Å². The van der Waals surface area contributed by atoms with E-state index in [0.29, 0.717) is 23.0 Å². The van der Waals surface area contributed by atoms with Crippen LogP contribution >= 0.6 is 0 Å². The summed E-state index contributed by atoms with van der Waals surface area (Å²) in [6, 6.07) is 9.48. The smallest absolute Gasteiger partial charge is 0.339 e. The number of rotatable bonds is 7. The fourth-order valence-corrected chi connectivity index (χ4v) is 6.29. The highest BCUT2D eigenvalue weighted by atomic mass is 32.2. The molecule has 4 rings (SSSR count). The SMILES string of the molecule is Cc1ccc([N+](=O)[O-])cc1S(=O)(=O)Oc1ccc(C(=O)N[C@@H](C)[C@H]2C[C@@H]3CC[C@@H]2C3)cc1. The van der Waals surface area contributed by atoms with E-state index in [1.54, 1.807) is 0 Å². The molecule has 2 aromatic rings. The number of non-ortho nitro benzene ring substituents is 1. The second kappa shape index (κ2) is 8.54. The van der Waals surface area contributed by atoms with E-state index in [-0.39, 0.29) is 28.3 Å². The molecule has 0 aromatic heterocycles. The monoisotopic (exact) mass is 458 g/mol. The minimum absolute atomic E-state index is 0.0219. The number of benzene rings is 2. The van der Waals surface area contributed by atoms with Crippen LogP contribution in [0.25, 0.3) is 0 Å². The zero-order chi connectivity index (χ0) is 23.0. The number of hydrogen-bond acceptors (Lipinski definition) is 6. The standard InChI is InChI=1S/C23H26N2O6S/c1-14-3-8-19(25(27)28)13-22(14)32(29,30)31-20-9-6-17(7-10-20)23(26)24-15(2)21-12-16-4-5-18(21)11-16/h3,6-10,13,15-16,18,21H,4-5,11-12H2,1-2H3,(H,24,26)/t15-,16+,18+,21+/m0/s1. The van der Waals surface area contributed by atoms with Crippen LogP contribution in [-0.4, -0.2) is 25.3 Å². The van der Waals surface area contributed by atoms with Crippen LogP contribution in [0.5, 0.6) is 5.75 Å². The number of aryl methyl sites for hydroxylation is 1. The van der Waals surface area contributed by atoms with E-state index in [9.17, 15) is 23.3 Å². The van der Waals surface area contributed by atoms with Gasteiger partial charge in [0.2, 0.25) is 0 Å². The van der Waals surface area contributed by atoms with Crippen LogP contribution in [0.2, 0.25) is 0 Å². The topological polar surface area (TPSA) is 116 Å². The number of nitro groups is 1. The molecule has 0 heterocycles. The van der Waals surface area contributed by atoms with Crippen LogP contribution in [0.1, 0.15) is 48.5 Å². The van der Waals surface area contributed by atoms with Gasteiger partial charge in [-0.25, -0.2) is 0 Å². The summed E-state index contributed by atoms with van der Waals surface area (Å²) in [6.07, 6.45) is 5.01. The quantitative estimate of drug-likeness (QED) is 0.377. The summed E-state index contributed by atoms with van der Waals surface area (Å²) >= 11 is 0. The van der Waals surface area contributed by atoms with E-state index in [1.807, 2.05) is 0 Å². The molecule has 0 radical (unpaired) electrons. The molecule has 2 saturated carbocycles. The molecular formula is C23H26N2O6S. The van der Waals surface area contributed by atoms with Gasteiger partial charge in [0.05, 0.1) is 4.92 Å². The number of carbonyl (C=O) groups is 1. The maximum Gasteiger partial charge on any atom is 0.339 e. The Kier molecular flexibility index (Phi) is 5.94. The van der Waals surface area contributed by atoms with Gasteiger partial charge in [0.25, 0.3) is 11.6 Å². The Bertz CT molecular complexity index is 1150. The van der Waals surface area contributed by atoms with Gasteiger partial charge in [-0.3, -0.25) is 14.9 Å². The Morgan fingerprint density at radius 3 is 2.47 bits per heavy atom. The van der Waals surface area contributed by atoms with E-state index in [1.165, 1.54) is 69.0 Å². The lowest BCUT2D eigenvalue weighted by molar-refractivity contribution is -0.385. The first-order valence-electron chi connectivity index (χ1n) is 10.7. The first-order chi connectivity index (χ1) is 15.1. The predicted octanol–water partition coefficient (Wildman–Crippen LogP) is 4.23. The average Bonchev–Trinajstić information content (AvgIpc) is 3.37. The number of nitrogens with zero attached hydrogens (tertiary/aromatic N) is 1. The van der Waals surface area contributed by atoms with Gasteiger partial charge in [0, 0.05) is 23.7 Å². The summed E-state index contributed by atoms with van der Waals surface area (Å²) < 4.78 is 30.4. The normalized spacial score (nSPS) is 23.0. The van der Waals surface area contributed by atoms with Gasteiger partial charge < -0.3 is 9.50 Å². The molecule has 8 nitrogen and oxygen atoms in total. The van der Waals surface area contributed by atoms with Crippen molar-refractivity contribution >= 4 is 21.7 Å². The molecular weight excluding hydrogens is 432 g/mol. The molecule has 0 saturated heterocycles. The molecule has 1 N–H and O–H groups in total. The molecule has 2 aromatic carbocycles. The molecule has 0 spiro atoms. The van der Waals surface area contributed by atoms with Gasteiger partial charge >= 0.3 is 10.1 Å². The summed E-state index contributed by atoms with van der Waals surface area (Å²) in [5, 5.41) is 14.1. The fourth-order valence-electron chi connectivity index (χ4n) is 5.11. The van der Waals surface area contributed by atoms with Crippen molar-refractivity contribution in [1.29, 1.82) is 0 Å². The first kappa shape index (κ1) is 22.3. The minimum atomic E-state index is -4.27. The lowest BCUT2D eigenvalue weighted by atomic mass is 9.84. The first-order valence-corrected chi connectivity index (χ1v) is 12.2. The highest BCUT2D eigenvalue weighted by Gasteiger charge is 2.42. The van der Waals surface area contributed by atoms with Crippen LogP contribution in [-0.2, 0) is 10.1 Å². The Balaban J connectivity index is 1.43. The third-order valence-electron chi connectivity index (χ3n) is 6.77. The van der Waals surface area contributed by atoms with Crippen molar-refractivity contribution in [1.82, 2.24) is 5.32 Å². The van der Waals surface area contributed by atoms with Gasteiger partial charge in [-0.05, 0) is 80.7 Å². The zero-order valence-corrected chi connectivity index (χ0v) is 18.8. The van der Waals surface area contributed by atoms with Crippen molar-refractivity contribution in [2.75, 3.05) is 0 Å². The Morgan fingerprint density at radius 1 is 1.16 bits per heavy atom. The predicted molar refractivity (Wildman–Crippen MR) is 118 cm³/mol. The molecule has 9 heteroatoms. The summed E-state index contributed by atoms with van der Waals surface area (Å²) in [7, 11) is -4.27. The lowest BCUT2D eigenvalue weighted by Crippen LogP contribution is -2.40. The maximum atomic E-state index is 12.6. The fraction of sp³-hybridized carbons (Fsp3) is 0.435. The van der Waals surface area contributed by atoms with Crippen LogP contribution in [0.4, 0.5) is 5.69 Å². The van der Waals surface area contributed by atoms with Crippen molar-refractivity contribution < 1.29 is 22.3 Å². The van der Waals surface area contributed by atoms with Crippen LogP contribution < -0.4 is 9.50 Å². The molecule has 2 bridgehead atoms. The van der Waals surface area contributed by atoms with Gasteiger partial charge in [-0.2, -0.15) is 8.42 Å². The average molecular weight is 459 g/mol. The van der Waals surface area contributed by atoms with Crippen LogP contribution in [0.3, 0.4) is 0 Å². The Hall–Kier alpha value is -2.94. The summed E-state index contributed by atoms with van der Waals surface area (Å²) in [5.74, 6) is 1.84. The molecule has 1 amide bonds. The lowest BCUT2D eigenvalue weighted by Gasteiger charge is -2.28. The summed E-state index contributed by atoms with van der Waals surface area (Å²) in [6.45, 7) is 3.58. The van der Waals surface area contributed by atoms with Crippen molar-refractivity contribution in [3.63, 3.8) is 0 Å². The highest BCUT2D eigenvalue weighted by molar-refractivity contribution is 7.87. The van der Waals surface area contributed by atoms with Gasteiger partial charge in [-0.15, -0.1) is 0 Å². The summed E-state index contributed by atoms with van der Waals surface area (Å²) in [5.41, 5.74) is 0.409. The van der Waals surface area contributed by atoms with E-state index >= 15 is 0 Å². The summed E-state index contributed by atoms with van der Waals surface area (Å²) in [4.78, 5) is 22.7. The third kappa shape index (κ3) is 4.48. The van der Waals surface area contributed by atoms with E-state index in [2.05, 4.69) is 12.2 Å². The molecule has 2 aliphatic carbocycles. The minimum Gasteiger partial charge on any atom is -0.379 e. The number of nitro benzene ring substituents is 1. The zero-order valence-electron chi connectivity index (χ0n) is 18.0. The molecule has 32 heavy (non-hydrogen) atoms. The number of fused-ring (bicyclic) bond motifs is 2. The highest BCUT2D eigenvalue weighted by Crippen LogP contribution is 2.49. The van der Waals surface area contributed by atoms with Crippen molar-refractivity contribution in [2.45, 2.75) is 50.5 Å². The maximum absolute atomic E-state index is 12.6. The number of nitrogens with one attached hydrogen (secondary N) is 1. The van der Waals surface area contributed by atoms with E-state index < -0.39 is 15.0 Å². The number of amides is 1. The van der Waals surface area contributed by atoms with Crippen molar-refractivity contribution in [3.8, 4) is 5.75 Å². The molecule has 4 atom stereocenters. The molecule has 0 unspecified atom stereocenters. The second-order valence-electron chi connectivity index (χ2n) is 8.87. The van der Waals surface area contributed by atoms with E-state index in [0.717, 1.165) is 12.0 Å². The van der Waals surface area contributed by atoms with Crippen molar-refractivity contribution in [3.05, 3.63) is 63.7 Å². The van der Waals surface area contributed by atoms with Crippen LogP contribution in [0.15, 0.2) is 47.4 Å². The third-order valence-corrected chi connectivity index (χ3v) is 8.16. The second-order valence-corrected chi connectivity index (χ2v) is 10.4. The largest absolute Gasteiger partial charge is 0.379 e. The van der Waals surface area contributed by atoms with Gasteiger partial charge in [-0.1, -0.05) is 12.5 Å². The van der Waals surface area contributed by atoms with E-state index in [4.69, 9.17) is 4.18 Å². The van der Waals surface area contributed by atoms with Crippen molar-refractivity contribution in [2.24, 2.45) is 17.8 Å². The van der Waals surface area contributed by atoms with Crippen LogP contribution in [0, 0.1) is 34.8 Å². The molecule has 2 aliphatic rings. The Morgan fingerprint density at radius 2 is 1.88 bits per heavy atom. The Labute approximate surface area is 187 Å². The van der Waals surface area contributed by atoms with Gasteiger partial charge in [0.1, 0.15) is 10.6 Å². The molecule has 2 fully saturated rings. The molecule has 170 valence electrons. The molecule has 0 aliphatic heterocycles. The number of hydrogen-bond donors (Lipinski definition) is 1.